The number of nitro groups is 1. The monoisotopic (exact) mass is 373 g/mol. The van der Waals surface area contributed by atoms with E-state index in [1.807, 2.05) is 0 Å². The van der Waals surface area contributed by atoms with Crippen molar-refractivity contribution in [1.29, 1.82) is 0 Å². The van der Waals surface area contributed by atoms with Crippen molar-refractivity contribution in [3.63, 3.8) is 0 Å². The first kappa shape index (κ1) is 19.0. The minimum absolute atomic E-state index is 0.155. The van der Waals surface area contributed by atoms with Gasteiger partial charge < -0.3 is 15.4 Å². The molecular weight excluding hydrogens is 362 g/mol. The molecular formula is C15H11F4N3O4. The van der Waals surface area contributed by atoms with Crippen LogP contribution in [0.15, 0.2) is 42.5 Å². The van der Waals surface area contributed by atoms with Gasteiger partial charge in [0.2, 0.25) is 11.7 Å². The van der Waals surface area contributed by atoms with Gasteiger partial charge in [-0.2, -0.15) is 4.39 Å². The maximum atomic E-state index is 13.2. The number of halogens is 4. The zero-order chi connectivity index (χ0) is 19.3. The molecule has 0 atom stereocenters. The molecule has 0 saturated heterocycles. The van der Waals surface area contributed by atoms with E-state index in [0.29, 0.717) is 0 Å². The standard InChI is InChI=1S/C15H11F4N3O4/c16-12-6-3-10(7-13(12)22(24)25)20-8-14(23)21-9-1-4-11(5-2-9)26-15(17,18)19/h1-7,20H,8H2,(H,21,23). The van der Waals surface area contributed by atoms with Crippen LogP contribution in [0.5, 0.6) is 5.75 Å². The number of nitrogens with zero attached hydrogens (tertiary/aromatic N) is 1. The lowest BCUT2D eigenvalue weighted by Gasteiger charge is -2.10. The highest BCUT2D eigenvalue weighted by Crippen LogP contribution is 2.24. The van der Waals surface area contributed by atoms with E-state index in [-0.39, 0.29) is 17.9 Å². The molecule has 0 heterocycles. The van der Waals surface area contributed by atoms with Gasteiger partial charge in [0.15, 0.2) is 0 Å². The molecule has 2 aromatic carbocycles. The Balaban J connectivity index is 1.91. The average molecular weight is 373 g/mol. The largest absolute Gasteiger partial charge is 0.573 e. The van der Waals surface area contributed by atoms with Crippen molar-refractivity contribution in [2.45, 2.75) is 6.36 Å². The van der Waals surface area contributed by atoms with Gasteiger partial charge in [-0.1, -0.05) is 0 Å². The van der Waals surface area contributed by atoms with Gasteiger partial charge in [-0.3, -0.25) is 14.9 Å². The number of carbonyl (C=O) groups excluding carboxylic acids is 1. The van der Waals surface area contributed by atoms with Gasteiger partial charge >= 0.3 is 12.0 Å². The average Bonchev–Trinajstić information content (AvgIpc) is 2.54. The number of ether oxygens (including phenoxy) is 1. The maximum absolute atomic E-state index is 13.2. The number of nitro benzene ring substituents is 1. The summed E-state index contributed by atoms with van der Waals surface area (Å²) in [5, 5.41) is 15.6. The van der Waals surface area contributed by atoms with Crippen molar-refractivity contribution >= 4 is 23.0 Å². The third-order valence-corrected chi connectivity index (χ3v) is 2.97. The second-order valence-corrected chi connectivity index (χ2v) is 4.90. The fourth-order valence-corrected chi connectivity index (χ4v) is 1.89. The van der Waals surface area contributed by atoms with E-state index in [0.717, 1.165) is 24.3 Å². The number of hydrogen-bond acceptors (Lipinski definition) is 5. The predicted octanol–water partition coefficient (Wildman–Crippen LogP) is 3.68. The summed E-state index contributed by atoms with van der Waals surface area (Å²) < 4.78 is 53.1. The summed E-state index contributed by atoms with van der Waals surface area (Å²) >= 11 is 0. The van der Waals surface area contributed by atoms with Crippen molar-refractivity contribution in [2.75, 3.05) is 17.2 Å². The number of alkyl halides is 3. The Morgan fingerprint density at radius 3 is 2.31 bits per heavy atom. The van der Waals surface area contributed by atoms with Crippen LogP contribution in [0, 0.1) is 15.9 Å². The van der Waals surface area contributed by atoms with Crippen LogP contribution in [0.2, 0.25) is 0 Å². The van der Waals surface area contributed by atoms with E-state index < -0.39 is 34.4 Å². The number of amides is 1. The van der Waals surface area contributed by atoms with Crippen molar-refractivity contribution < 1.29 is 32.0 Å². The lowest BCUT2D eigenvalue weighted by atomic mass is 10.2. The Morgan fingerprint density at radius 1 is 1.12 bits per heavy atom. The Bertz CT molecular complexity index is 810. The summed E-state index contributed by atoms with van der Waals surface area (Å²) in [6.45, 7) is -0.302. The first-order valence-corrected chi connectivity index (χ1v) is 6.97. The van der Waals surface area contributed by atoms with Crippen molar-refractivity contribution in [2.24, 2.45) is 0 Å². The molecule has 0 unspecified atom stereocenters. The lowest BCUT2D eigenvalue weighted by molar-refractivity contribution is -0.387. The zero-order valence-corrected chi connectivity index (χ0v) is 12.8. The maximum Gasteiger partial charge on any atom is 0.573 e. The van der Waals surface area contributed by atoms with Crippen LogP contribution in [0.1, 0.15) is 0 Å². The molecule has 11 heteroatoms. The van der Waals surface area contributed by atoms with E-state index in [1.165, 1.54) is 18.2 Å². The van der Waals surface area contributed by atoms with Crippen LogP contribution >= 0.6 is 0 Å². The van der Waals surface area contributed by atoms with Crippen LogP contribution in [0.4, 0.5) is 34.6 Å². The fraction of sp³-hybridized carbons (Fsp3) is 0.133. The first-order valence-electron chi connectivity index (χ1n) is 6.97. The Labute approximate surface area is 143 Å². The van der Waals surface area contributed by atoms with Gasteiger partial charge in [0.1, 0.15) is 5.75 Å². The minimum atomic E-state index is -4.81. The van der Waals surface area contributed by atoms with Gasteiger partial charge in [-0.25, -0.2) is 0 Å². The molecule has 0 bridgehead atoms. The number of anilines is 2. The number of benzene rings is 2. The molecule has 2 N–H and O–H groups in total. The molecule has 2 rings (SSSR count). The van der Waals surface area contributed by atoms with Crippen molar-refractivity contribution in [3.8, 4) is 5.75 Å². The van der Waals surface area contributed by atoms with Crippen LogP contribution in [-0.4, -0.2) is 23.7 Å². The summed E-state index contributed by atoms with van der Waals surface area (Å²) in [7, 11) is 0. The minimum Gasteiger partial charge on any atom is -0.406 e. The Kier molecular flexibility index (Phi) is 5.60. The zero-order valence-electron chi connectivity index (χ0n) is 12.8. The smallest absolute Gasteiger partial charge is 0.406 e. The summed E-state index contributed by atoms with van der Waals surface area (Å²) in [6.07, 6.45) is -4.81. The van der Waals surface area contributed by atoms with Gasteiger partial charge in [0.05, 0.1) is 11.5 Å². The topological polar surface area (TPSA) is 93.5 Å². The molecule has 2 aromatic rings. The molecule has 0 aromatic heterocycles. The van der Waals surface area contributed by atoms with E-state index >= 15 is 0 Å². The summed E-state index contributed by atoms with van der Waals surface area (Å²) in [5.74, 6) is -2.01. The molecule has 0 aliphatic heterocycles. The van der Waals surface area contributed by atoms with Crippen LogP contribution in [0.3, 0.4) is 0 Å². The second-order valence-electron chi connectivity index (χ2n) is 4.90. The molecule has 26 heavy (non-hydrogen) atoms. The fourth-order valence-electron chi connectivity index (χ4n) is 1.89. The van der Waals surface area contributed by atoms with Gasteiger partial charge in [0.25, 0.3) is 0 Å². The predicted molar refractivity (Wildman–Crippen MR) is 83.3 cm³/mol. The summed E-state index contributed by atoms with van der Waals surface area (Å²) in [4.78, 5) is 21.5. The van der Waals surface area contributed by atoms with E-state index in [2.05, 4.69) is 15.4 Å². The molecule has 0 saturated carbocycles. The molecule has 0 spiro atoms. The molecule has 0 fully saturated rings. The third kappa shape index (κ3) is 5.61. The molecule has 138 valence electrons. The van der Waals surface area contributed by atoms with E-state index in [9.17, 15) is 32.5 Å². The van der Waals surface area contributed by atoms with Crippen molar-refractivity contribution in [1.82, 2.24) is 0 Å². The number of rotatable bonds is 6. The Hall–Kier alpha value is -3.37. The normalized spacial score (nSPS) is 10.9. The lowest BCUT2D eigenvalue weighted by Crippen LogP contribution is -2.22. The van der Waals surface area contributed by atoms with Gasteiger partial charge in [-0.15, -0.1) is 13.2 Å². The summed E-state index contributed by atoms with van der Waals surface area (Å²) in [6, 6.07) is 7.52. The first-order chi connectivity index (χ1) is 12.1. The van der Waals surface area contributed by atoms with Crippen molar-refractivity contribution in [3.05, 3.63) is 58.4 Å². The SMILES string of the molecule is O=C(CNc1ccc(F)c([N+](=O)[O-])c1)Nc1ccc(OC(F)(F)F)cc1. The molecule has 0 radical (unpaired) electrons. The number of hydrogen-bond donors (Lipinski definition) is 2. The molecule has 1 amide bonds. The van der Waals surface area contributed by atoms with Crippen LogP contribution in [0.25, 0.3) is 0 Å². The van der Waals surface area contributed by atoms with E-state index in [1.54, 1.807) is 0 Å². The second kappa shape index (κ2) is 7.68. The molecule has 7 nitrogen and oxygen atoms in total. The van der Waals surface area contributed by atoms with Crippen LogP contribution in [-0.2, 0) is 4.79 Å². The highest BCUT2D eigenvalue weighted by molar-refractivity contribution is 5.93. The Morgan fingerprint density at radius 2 is 1.73 bits per heavy atom. The summed E-state index contributed by atoms with van der Waals surface area (Å²) in [5.41, 5.74) is -0.366. The molecule has 0 aliphatic carbocycles. The third-order valence-electron chi connectivity index (χ3n) is 2.97. The van der Waals surface area contributed by atoms with Gasteiger partial charge in [-0.05, 0) is 36.4 Å². The quantitative estimate of drug-likeness (QED) is 0.458. The highest BCUT2D eigenvalue weighted by Gasteiger charge is 2.30. The van der Waals surface area contributed by atoms with Crippen LogP contribution < -0.4 is 15.4 Å². The number of carbonyl (C=O) groups is 1. The van der Waals surface area contributed by atoms with E-state index in [4.69, 9.17) is 0 Å². The highest BCUT2D eigenvalue weighted by atomic mass is 19.4. The van der Waals surface area contributed by atoms with Gasteiger partial charge in [0, 0.05) is 17.4 Å². The molecule has 0 aliphatic rings. The number of nitrogens with one attached hydrogen (secondary N) is 2.